The third-order valence-electron chi connectivity index (χ3n) is 5.56. The summed E-state index contributed by atoms with van der Waals surface area (Å²) in [4.78, 5) is 36.9. The van der Waals surface area contributed by atoms with Crippen molar-refractivity contribution >= 4 is 46.6 Å². The minimum absolute atomic E-state index is 0.0222. The summed E-state index contributed by atoms with van der Waals surface area (Å²) in [5.41, 5.74) is 1.72. The number of carbonyl (C=O) groups is 2. The van der Waals surface area contributed by atoms with Crippen molar-refractivity contribution in [3.05, 3.63) is 93.5 Å². The first-order chi connectivity index (χ1) is 17.9. The second-order valence-corrected chi connectivity index (χ2v) is 8.63. The Hall–Kier alpha value is -4.37. The van der Waals surface area contributed by atoms with E-state index in [1.807, 2.05) is 0 Å². The largest absolute Gasteiger partial charge is 0.494 e. The number of hydrogen-bond donors (Lipinski definition) is 1. The highest BCUT2D eigenvalue weighted by molar-refractivity contribution is 6.30. The number of rotatable bonds is 10. The van der Waals surface area contributed by atoms with Gasteiger partial charge in [-0.1, -0.05) is 11.6 Å². The summed E-state index contributed by atoms with van der Waals surface area (Å²) in [5, 5.41) is 14.2. The molecule has 3 aromatic carbocycles. The lowest BCUT2D eigenvalue weighted by Crippen LogP contribution is -2.39. The molecule has 0 fully saturated rings. The number of non-ortho nitro benzene ring substituents is 1. The first-order valence-electron chi connectivity index (χ1n) is 11.6. The number of ether oxygens (including phenoxy) is 2. The third-order valence-corrected chi connectivity index (χ3v) is 5.81. The van der Waals surface area contributed by atoms with Gasteiger partial charge in [0.05, 0.1) is 17.2 Å². The average Bonchev–Trinajstić information content (AvgIpc) is 2.89. The molecule has 9 nitrogen and oxygen atoms in total. The Bertz CT molecular complexity index is 1310. The number of halogens is 1. The molecule has 3 aromatic rings. The molecule has 0 bridgehead atoms. The number of hydrogen-bond acceptors (Lipinski definition) is 6. The molecule has 0 radical (unpaired) electrons. The van der Waals surface area contributed by atoms with Crippen LogP contribution in [0.4, 0.5) is 17.1 Å². The van der Waals surface area contributed by atoms with Crippen molar-refractivity contribution < 1.29 is 24.0 Å². The molecule has 0 saturated heterocycles. The van der Waals surface area contributed by atoms with E-state index in [1.54, 1.807) is 65.6 Å². The molecule has 0 spiro atoms. The number of carbonyl (C=O) groups excluding carboxylic acids is 2. The maximum atomic E-state index is 12.5. The molecule has 1 heterocycles. The number of nitrogens with zero attached hydrogens (tertiary/aromatic N) is 2. The Balaban J connectivity index is 1.33. The van der Waals surface area contributed by atoms with Crippen molar-refractivity contribution in [2.24, 2.45) is 0 Å². The molecule has 0 atom stereocenters. The van der Waals surface area contributed by atoms with Crippen LogP contribution >= 0.6 is 11.6 Å². The summed E-state index contributed by atoms with van der Waals surface area (Å²) in [6.07, 6.45) is 4.35. The molecule has 10 heteroatoms. The molecule has 37 heavy (non-hydrogen) atoms. The van der Waals surface area contributed by atoms with Crippen molar-refractivity contribution in [2.45, 2.75) is 12.8 Å². The van der Waals surface area contributed by atoms with Gasteiger partial charge in [0, 0.05) is 35.5 Å². The van der Waals surface area contributed by atoms with Crippen molar-refractivity contribution in [3.8, 4) is 11.5 Å². The van der Waals surface area contributed by atoms with Gasteiger partial charge in [-0.3, -0.25) is 19.7 Å². The van der Waals surface area contributed by atoms with Gasteiger partial charge in [-0.15, -0.1) is 0 Å². The Kier molecular flexibility index (Phi) is 8.37. The van der Waals surface area contributed by atoms with Crippen LogP contribution in [0.25, 0.3) is 6.08 Å². The zero-order valence-corrected chi connectivity index (χ0v) is 20.5. The average molecular weight is 522 g/mol. The number of benzene rings is 3. The molecule has 1 aliphatic heterocycles. The third kappa shape index (κ3) is 7.08. The van der Waals surface area contributed by atoms with Gasteiger partial charge < -0.3 is 19.7 Å². The minimum Gasteiger partial charge on any atom is -0.494 e. The van der Waals surface area contributed by atoms with E-state index in [0.29, 0.717) is 47.3 Å². The molecule has 0 aliphatic carbocycles. The summed E-state index contributed by atoms with van der Waals surface area (Å²) in [7, 11) is 0. The SMILES string of the molecule is O=C(/C=C/c1ccc([N+](=O)[O-])cc1)Nc1ccc2c(c1)N(CCCCOc1ccc(Cl)cc1)C(=O)CO2. The van der Waals surface area contributed by atoms with Crippen molar-refractivity contribution in [3.63, 3.8) is 0 Å². The molecular weight excluding hydrogens is 498 g/mol. The first kappa shape index (κ1) is 25.7. The van der Waals surface area contributed by atoms with Crippen LogP contribution in [0.1, 0.15) is 18.4 Å². The quantitative estimate of drug-likeness (QED) is 0.163. The van der Waals surface area contributed by atoms with Gasteiger partial charge in [-0.2, -0.15) is 0 Å². The van der Waals surface area contributed by atoms with Gasteiger partial charge in [-0.05, 0) is 79.1 Å². The van der Waals surface area contributed by atoms with Gasteiger partial charge in [0.25, 0.3) is 11.6 Å². The minimum atomic E-state index is -0.483. The molecule has 0 aromatic heterocycles. The van der Waals surface area contributed by atoms with Crippen LogP contribution in [0.3, 0.4) is 0 Å². The van der Waals surface area contributed by atoms with E-state index in [1.165, 1.54) is 18.2 Å². The molecule has 1 N–H and O–H groups in total. The van der Waals surface area contributed by atoms with E-state index < -0.39 is 4.92 Å². The van der Waals surface area contributed by atoms with Crippen LogP contribution < -0.4 is 19.7 Å². The Morgan fingerprint density at radius 3 is 2.59 bits per heavy atom. The van der Waals surface area contributed by atoms with Crippen LogP contribution in [0.2, 0.25) is 5.02 Å². The molecule has 190 valence electrons. The maximum absolute atomic E-state index is 12.5. The second kappa shape index (κ2) is 12.0. The van der Waals surface area contributed by atoms with E-state index in [0.717, 1.165) is 12.2 Å². The second-order valence-electron chi connectivity index (χ2n) is 8.20. The van der Waals surface area contributed by atoms with E-state index in [2.05, 4.69) is 5.32 Å². The maximum Gasteiger partial charge on any atom is 0.269 e. The molecule has 1 aliphatic rings. The Morgan fingerprint density at radius 1 is 1.11 bits per heavy atom. The normalized spacial score (nSPS) is 12.7. The van der Waals surface area contributed by atoms with E-state index in [-0.39, 0.29) is 24.1 Å². The number of nitrogens with one attached hydrogen (secondary N) is 1. The molecule has 2 amide bonds. The number of anilines is 2. The van der Waals surface area contributed by atoms with Crippen molar-refractivity contribution in [1.82, 2.24) is 0 Å². The van der Waals surface area contributed by atoms with Gasteiger partial charge in [0.2, 0.25) is 5.91 Å². The Labute approximate surface area is 218 Å². The zero-order valence-electron chi connectivity index (χ0n) is 19.8. The van der Waals surface area contributed by atoms with Crippen LogP contribution in [-0.2, 0) is 9.59 Å². The molecule has 4 rings (SSSR count). The standard InChI is InChI=1S/C27H24ClN3O6/c28-20-6-11-23(12-7-20)36-16-2-1-15-30-24-17-21(8-13-25(24)37-18-27(30)33)29-26(32)14-5-19-3-9-22(10-4-19)31(34)35/h3-14,17H,1-2,15-16,18H2,(H,29,32)/b14-5+. The Morgan fingerprint density at radius 2 is 1.86 bits per heavy atom. The van der Waals surface area contributed by atoms with E-state index in [9.17, 15) is 19.7 Å². The number of nitro benzene ring substituents is 1. The number of fused-ring (bicyclic) bond motifs is 1. The lowest BCUT2D eigenvalue weighted by molar-refractivity contribution is -0.384. The topological polar surface area (TPSA) is 111 Å². The van der Waals surface area contributed by atoms with Gasteiger partial charge >= 0.3 is 0 Å². The highest BCUT2D eigenvalue weighted by atomic mass is 35.5. The van der Waals surface area contributed by atoms with Crippen LogP contribution in [-0.4, -0.2) is 36.5 Å². The smallest absolute Gasteiger partial charge is 0.269 e. The fourth-order valence-electron chi connectivity index (χ4n) is 3.68. The number of unbranched alkanes of at least 4 members (excludes halogenated alkanes) is 1. The zero-order chi connectivity index (χ0) is 26.2. The van der Waals surface area contributed by atoms with Crippen molar-refractivity contribution in [1.29, 1.82) is 0 Å². The predicted molar refractivity (Wildman–Crippen MR) is 141 cm³/mol. The van der Waals surface area contributed by atoms with Gasteiger partial charge in [0.15, 0.2) is 6.61 Å². The number of nitro groups is 1. The number of amides is 2. The van der Waals surface area contributed by atoms with Gasteiger partial charge in [-0.25, -0.2) is 0 Å². The molecule has 0 saturated carbocycles. The summed E-state index contributed by atoms with van der Waals surface area (Å²) in [6.45, 7) is 0.943. The summed E-state index contributed by atoms with van der Waals surface area (Å²) in [6, 6.07) is 18.1. The van der Waals surface area contributed by atoms with Gasteiger partial charge in [0.1, 0.15) is 11.5 Å². The summed E-state index contributed by atoms with van der Waals surface area (Å²) in [5.74, 6) is 0.761. The van der Waals surface area contributed by atoms with Crippen LogP contribution in [0.15, 0.2) is 72.8 Å². The first-order valence-corrected chi connectivity index (χ1v) is 12.0. The molecular formula is C27H24ClN3O6. The fraction of sp³-hybridized carbons (Fsp3) is 0.185. The lowest BCUT2D eigenvalue weighted by atomic mass is 10.1. The predicted octanol–water partition coefficient (Wildman–Crippen LogP) is 5.48. The fourth-order valence-corrected chi connectivity index (χ4v) is 3.81. The van der Waals surface area contributed by atoms with Crippen molar-refractivity contribution in [2.75, 3.05) is 30.0 Å². The summed E-state index contributed by atoms with van der Waals surface area (Å²) >= 11 is 5.88. The van der Waals surface area contributed by atoms with Crippen LogP contribution in [0.5, 0.6) is 11.5 Å². The summed E-state index contributed by atoms with van der Waals surface area (Å²) < 4.78 is 11.3. The highest BCUT2D eigenvalue weighted by Gasteiger charge is 2.25. The van der Waals surface area contributed by atoms with E-state index in [4.69, 9.17) is 21.1 Å². The highest BCUT2D eigenvalue weighted by Crippen LogP contribution is 2.35. The van der Waals surface area contributed by atoms with E-state index >= 15 is 0 Å². The lowest BCUT2D eigenvalue weighted by Gasteiger charge is -2.29. The van der Waals surface area contributed by atoms with Crippen LogP contribution in [0, 0.1) is 10.1 Å². The monoisotopic (exact) mass is 521 g/mol. The molecule has 0 unspecified atom stereocenters.